The molecule has 0 radical (unpaired) electrons. The first-order valence-electron chi connectivity index (χ1n) is 8.89. The van der Waals surface area contributed by atoms with Crippen molar-refractivity contribution in [3.63, 3.8) is 0 Å². The molecule has 1 aliphatic heterocycles. The lowest BCUT2D eigenvalue weighted by atomic mass is 10.1. The van der Waals surface area contributed by atoms with E-state index in [2.05, 4.69) is 6.08 Å². The van der Waals surface area contributed by atoms with Crippen LogP contribution < -0.4 is 0 Å². The molecule has 1 aliphatic rings. The summed E-state index contributed by atoms with van der Waals surface area (Å²) in [7, 11) is 1.39. The number of esters is 2. The predicted molar refractivity (Wildman–Crippen MR) is 96.9 cm³/mol. The lowest BCUT2D eigenvalue weighted by Gasteiger charge is -2.29. The fourth-order valence-electron chi connectivity index (χ4n) is 3.25. The largest absolute Gasteiger partial charge is 0.468 e. The standard InChI is InChI=1S/C20H27NO4/c1-3-25-20(23)18(21-15-9-14-17(21)19(22)24-2)13-8-7-12-16-10-5-4-6-11-16/h4-7,10-12,17-18H,3,8-9,13-15H2,1-2H3/b12-7-/t17-,18-/m1/s1. The van der Waals surface area contributed by atoms with Crippen molar-refractivity contribution in [3.05, 3.63) is 42.0 Å². The first-order chi connectivity index (χ1) is 12.2. The highest BCUT2D eigenvalue weighted by molar-refractivity contribution is 5.80. The molecular formula is C20H27NO4. The number of ether oxygens (including phenoxy) is 2. The van der Waals surface area contributed by atoms with E-state index in [0.717, 1.165) is 24.8 Å². The summed E-state index contributed by atoms with van der Waals surface area (Å²) in [6.45, 7) is 2.85. The number of hydrogen-bond acceptors (Lipinski definition) is 5. The highest BCUT2D eigenvalue weighted by atomic mass is 16.5. The van der Waals surface area contributed by atoms with Crippen molar-refractivity contribution in [2.24, 2.45) is 0 Å². The van der Waals surface area contributed by atoms with Gasteiger partial charge in [-0.15, -0.1) is 0 Å². The minimum atomic E-state index is -0.410. The van der Waals surface area contributed by atoms with Gasteiger partial charge in [-0.1, -0.05) is 42.5 Å². The average Bonchev–Trinajstić information content (AvgIpc) is 3.11. The molecule has 1 aromatic carbocycles. The lowest BCUT2D eigenvalue weighted by Crippen LogP contribution is -2.48. The van der Waals surface area contributed by atoms with Crippen molar-refractivity contribution < 1.29 is 19.1 Å². The van der Waals surface area contributed by atoms with E-state index in [1.807, 2.05) is 41.3 Å². The van der Waals surface area contributed by atoms with E-state index >= 15 is 0 Å². The number of nitrogens with zero attached hydrogens (tertiary/aromatic N) is 1. The minimum absolute atomic E-state index is 0.258. The minimum Gasteiger partial charge on any atom is -0.468 e. The molecule has 1 aromatic rings. The van der Waals surface area contributed by atoms with Crippen molar-refractivity contribution in [2.45, 2.75) is 44.7 Å². The van der Waals surface area contributed by atoms with Gasteiger partial charge in [0.1, 0.15) is 12.1 Å². The van der Waals surface area contributed by atoms with Crippen LogP contribution in [0, 0.1) is 0 Å². The van der Waals surface area contributed by atoms with Gasteiger partial charge in [0, 0.05) is 0 Å². The molecule has 5 heteroatoms. The van der Waals surface area contributed by atoms with Gasteiger partial charge < -0.3 is 9.47 Å². The predicted octanol–water partition coefficient (Wildman–Crippen LogP) is 3.05. The summed E-state index contributed by atoms with van der Waals surface area (Å²) in [6, 6.07) is 9.28. The lowest BCUT2D eigenvalue weighted by molar-refractivity contribution is -0.154. The van der Waals surface area contributed by atoms with E-state index in [4.69, 9.17) is 9.47 Å². The zero-order valence-corrected chi connectivity index (χ0v) is 15.0. The number of benzene rings is 1. The van der Waals surface area contributed by atoms with Gasteiger partial charge >= 0.3 is 11.9 Å². The summed E-state index contributed by atoms with van der Waals surface area (Å²) in [4.78, 5) is 26.3. The van der Waals surface area contributed by atoms with Crippen LogP contribution in [-0.2, 0) is 19.1 Å². The van der Waals surface area contributed by atoms with Crippen LogP contribution in [0.1, 0.15) is 38.2 Å². The van der Waals surface area contributed by atoms with Crippen LogP contribution in [0.15, 0.2) is 36.4 Å². The number of rotatable bonds is 8. The molecule has 0 aromatic heterocycles. The van der Waals surface area contributed by atoms with Gasteiger partial charge in [-0.05, 0) is 44.7 Å². The summed E-state index contributed by atoms with van der Waals surface area (Å²) in [5, 5.41) is 0. The quantitative estimate of drug-likeness (QED) is 0.678. The molecule has 1 fully saturated rings. The monoisotopic (exact) mass is 345 g/mol. The maximum Gasteiger partial charge on any atom is 0.323 e. The summed E-state index contributed by atoms with van der Waals surface area (Å²) in [6.07, 6.45) is 7.07. The van der Waals surface area contributed by atoms with Crippen LogP contribution in [0.5, 0.6) is 0 Å². The van der Waals surface area contributed by atoms with Crippen molar-refractivity contribution in [2.75, 3.05) is 20.3 Å². The number of carbonyl (C=O) groups is 2. The van der Waals surface area contributed by atoms with E-state index in [-0.39, 0.29) is 18.0 Å². The maximum atomic E-state index is 12.4. The Balaban J connectivity index is 2.01. The second-order valence-electron chi connectivity index (χ2n) is 6.08. The third-order valence-corrected chi connectivity index (χ3v) is 4.44. The van der Waals surface area contributed by atoms with E-state index in [9.17, 15) is 9.59 Å². The molecule has 1 saturated heterocycles. The van der Waals surface area contributed by atoms with Crippen LogP contribution >= 0.6 is 0 Å². The van der Waals surface area contributed by atoms with Crippen molar-refractivity contribution in [1.29, 1.82) is 0 Å². The molecule has 136 valence electrons. The molecule has 0 N–H and O–H groups in total. The Morgan fingerprint density at radius 3 is 2.76 bits per heavy atom. The zero-order valence-electron chi connectivity index (χ0n) is 15.0. The molecule has 0 bridgehead atoms. The molecule has 0 amide bonds. The maximum absolute atomic E-state index is 12.4. The zero-order chi connectivity index (χ0) is 18.1. The van der Waals surface area contributed by atoms with Crippen LogP contribution in [-0.4, -0.2) is 49.2 Å². The molecule has 0 saturated carbocycles. The summed E-state index contributed by atoms with van der Waals surface area (Å²) >= 11 is 0. The highest BCUT2D eigenvalue weighted by Crippen LogP contribution is 2.24. The molecule has 25 heavy (non-hydrogen) atoms. The second kappa shape index (κ2) is 9.99. The van der Waals surface area contributed by atoms with Crippen LogP contribution in [0.4, 0.5) is 0 Å². The number of methoxy groups -OCH3 is 1. The molecule has 1 heterocycles. The van der Waals surface area contributed by atoms with Crippen LogP contribution in [0.2, 0.25) is 0 Å². The van der Waals surface area contributed by atoms with Gasteiger partial charge in [0.15, 0.2) is 0 Å². The van der Waals surface area contributed by atoms with Gasteiger partial charge in [0.2, 0.25) is 0 Å². The van der Waals surface area contributed by atoms with Crippen LogP contribution in [0.3, 0.4) is 0 Å². The van der Waals surface area contributed by atoms with E-state index in [0.29, 0.717) is 19.6 Å². The topological polar surface area (TPSA) is 55.8 Å². The fourth-order valence-corrected chi connectivity index (χ4v) is 3.25. The van der Waals surface area contributed by atoms with Crippen molar-refractivity contribution in [1.82, 2.24) is 4.90 Å². The first kappa shape index (κ1) is 19.2. The second-order valence-corrected chi connectivity index (χ2v) is 6.08. The molecule has 2 atom stereocenters. The first-order valence-corrected chi connectivity index (χ1v) is 8.89. The molecule has 0 spiro atoms. The number of carbonyl (C=O) groups excluding carboxylic acids is 2. The van der Waals surface area contributed by atoms with Crippen molar-refractivity contribution in [3.8, 4) is 0 Å². The van der Waals surface area contributed by atoms with E-state index in [1.54, 1.807) is 6.92 Å². The third kappa shape index (κ3) is 5.43. The number of allylic oxidation sites excluding steroid dienone is 1. The van der Waals surface area contributed by atoms with Gasteiger partial charge in [0.05, 0.1) is 13.7 Å². The normalized spacial score (nSPS) is 19.0. The average molecular weight is 345 g/mol. The number of hydrogen-bond donors (Lipinski definition) is 0. The molecular weight excluding hydrogens is 318 g/mol. The fraction of sp³-hybridized carbons (Fsp3) is 0.500. The highest BCUT2D eigenvalue weighted by Gasteiger charge is 2.39. The Bertz CT molecular complexity index is 585. The molecule has 2 rings (SSSR count). The Morgan fingerprint density at radius 2 is 2.08 bits per heavy atom. The van der Waals surface area contributed by atoms with E-state index in [1.165, 1.54) is 7.11 Å². The summed E-state index contributed by atoms with van der Waals surface area (Å²) in [5.41, 5.74) is 1.13. The SMILES string of the molecule is CCOC(=O)[C@@H](CC/C=C\c1ccccc1)N1CCC[C@@H]1C(=O)OC. The van der Waals surface area contributed by atoms with Gasteiger partial charge in [0.25, 0.3) is 0 Å². The van der Waals surface area contributed by atoms with Crippen LogP contribution in [0.25, 0.3) is 6.08 Å². The van der Waals surface area contributed by atoms with Gasteiger partial charge in [-0.25, -0.2) is 0 Å². The molecule has 0 unspecified atom stereocenters. The molecule has 5 nitrogen and oxygen atoms in total. The molecule has 0 aliphatic carbocycles. The number of likely N-dealkylation sites (tertiary alicyclic amines) is 1. The third-order valence-electron chi connectivity index (χ3n) is 4.44. The summed E-state index contributed by atoms with van der Waals surface area (Å²) in [5.74, 6) is -0.530. The Morgan fingerprint density at radius 1 is 1.32 bits per heavy atom. The Labute approximate surface area is 149 Å². The summed E-state index contributed by atoms with van der Waals surface area (Å²) < 4.78 is 10.1. The van der Waals surface area contributed by atoms with Crippen molar-refractivity contribution >= 4 is 18.0 Å². The Hall–Kier alpha value is -2.14. The van der Waals surface area contributed by atoms with Gasteiger partial charge in [-0.3, -0.25) is 14.5 Å². The van der Waals surface area contributed by atoms with Gasteiger partial charge in [-0.2, -0.15) is 0 Å². The Kier molecular flexibility index (Phi) is 7.67. The smallest absolute Gasteiger partial charge is 0.323 e. The van der Waals surface area contributed by atoms with E-state index < -0.39 is 6.04 Å².